The summed E-state index contributed by atoms with van der Waals surface area (Å²) in [4.78, 5) is 13.5. The van der Waals surface area contributed by atoms with Gasteiger partial charge >= 0.3 is 0 Å². The third-order valence-corrected chi connectivity index (χ3v) is 3.90. The number of likely N-dealkylation sites (N-methyl/N-ethyl adjacent to an activating group) is 1. The van der Waals surface area contributed by atoms with E-state index in [1.54, 1.807) is 7.05 Å². The number of carbonyl (C=O) groups excluding carboxylic acids is 1. The second kappa shape index (κ2) is 6.97. The molecule has 8 heteroatoms. The van der Waals surface area contributed by atoms with Crippen LogP contribution in [0.1, 0.15) is 6.42 Å². The molecule has 122 valence electrons. The number of sulfonamides is 1. The molecule has 1 atom stereocenters. The van der Waals surface area contributed by atoms with E-state index in [1.165, 1.54) is 4.90 Å². The molecule has 0 aromatic heterocycles. The number of rotatable bonds is 6. The molecule has 0 saturated heterocycles. The predicted molar refractivity (Wildman–Crippen MR) is 81.5 cm³/mol. The molecular formula is C14H20N2O5S. The quantitative estimate of drug-likeness (QED) is 0.808. The molecule has 2 rings (SSSR count). The van der Waals surface area contributed by atoms with Crippen LogP contribution < -0.4 is 14.2 Å². The Kier molecular flexibility index (Phi) is 5.25. The van der Waals surface area contributed by atoms with E-state index in [0.717, 1.165) is 6.26 Å². The fourth-order valence-electron chi connectivity index (χ4n) is 2.09. The highest BCUT2D eigenvalue weighted by molar-refractivity contribution is 7.88. The van der Waals surface area contributed by atoms with Crippen LogP contribution in [0.3, 0.4) is 0 Å². The Bertz CT molecular complexity index is 632. The average Bonchev–Trinajstić information content (AvgIpc) is 2.45. The number of hydrogen-bond acceptors (Lipinski definition) is 5. The maximum absolute atomic E-state index is 11.9. The third-order valence-electron chi connectivity index (χ3n) is 3.17. The Hall–Kier alpha value is -1.80. The van der Waals surface area contributed by atoms with Crippen molar-refractivity contribution in [3.05, 3.63) is 24.3 Å². The van der Waals surface area contributed by atoms with Gasteiger partial charge in [0.25, 0.3) is 0 Å². The molecule has 1 N–H and O–H groups in total. The maximum Gasteiger partial charge on any atom is 0.223 e. The smallest absolute Gasteiger partial charge is 0.223 e. The summed E-state index contributed by atoms with van der Waals surface area (Å²) in [6, 6.07) is 7.37. The van der Waals surface area contributed by atoms with Crippen LogP contribution in [-0.2, 0) is 14.8 Å². The van der Waals surface area contributed by atoms with E-state index in [2.05, 4.69) is 4.72 Å². The van der Waals surface area contributed by atoms with Crippen LogP contribution in [-0.4, -0.2) is 58.3 Å². The highest BCUT2D eigenvalue weighted by Gasteiger charge is 2.23. The van der Waals surface area contributed by atoms with Crippen LogP contribution in [0.4, 0.5) is 0 Å². The highest BCUT2D eigenvalue weighted by Crippen LogP contribution is 2.30. The Morgan fingerprint density at radius 2 is 2.05 bits per heavy atom. The topological polar surface area (TPSA) is 84.9 Å². The first-order valence-electron chi connectivity index (χ1n) is 6.92. The summed E-state index contributed by atoms with van der Waals surface area (Å²) >= 11 is 0. The number of ether oxygens (including phenoxy) is 2. The minimum atomic E-state index is -3.27. The Morgan fingerprint density at radius 1 is 1.36 bits per heavy atom. The van der Waals surface area contributed by atoms with Crippen molar-refractivity contribution < 1.29 is 22.7 Å². The molecule has 0 saturated carbocycles. The van der Waals surface area contributed by atoms with Crippen LogP contribution in [0, 0.1) is 0 Å². The molecular weight excluding hydrogens is 308 g/mol. The maximum atomic E-state index is 11.9. The molecule has 1 heterocycles. The van der Waals surface area contributed by atoms with Gasteiger partial charge in [0, 0.05) is 20.0 Å². The van der Waals surface area contributed by atoms with Crippen molar-refractivity contribution in [3.63, 3.8) is 0 Å². The minimum Gasteiger partial charge on any atom is -0.486 e. The lowest BCUT2D eigenvalue weighted by Gasteiger charge is -2.29. The predicted octanol–water partition coefficient (Wildman–Crippen LogP) is 0.224. The normalized spacial score (nSPS) is 17.1. The van der Waals surface area contributed by atoms with Crippen LogP contribution in [0.5, 0.6) is 11.5 Å². The van der Waals surface area contributed by atoms with Gasteiger partial charge in [-0.05, 0) is 12.1 Å². The molecule has 1 aliphatic rings. The largest absolute Gasteiger partial charge is 0.486 e. The molecule has 1 aliphatic heterocycles. The van der Waals surface area contributed by atoms with Gasteiger partial charge < -0.3 is 14.4 Å². The van der Waals surface area contributed by atoms with Gasteiger partial charge in [-0.15, -0.1) is 0 Å². The number of amides is 1. The van der Waals surface area contributed by atoms with Gasteiger partial charge in [-0.25, -0.2) is 13.1 Å². The molecule has 0 radical (unpaired) electrons. The lowest BCUT2D eigenvalue weighted by Crippen LogP contribution is -2.42. The first-order valence-corrected chi connectivity index (χ1v) is 8.81. The van der Waals surface area contributed by atoms with Crippen LogP contribution in [0.2, 0.25) is 0 Å². The second-order valence-corrected chi connectivity index (χ2v) is 7.02. The van der Waals surface area contributed by atoms with Crippen molar-refractivity contribution in [2.75, 3.05) is 33.0 Å². The highest BCUT2D eigenvalue weighted by atomic mass is 32.2. The fourth-order valence-corrected chi connectivity index (χ4v) is 2.57. The van der Waals surface area contributed by atoms with Crippen LogP contribution in [0.15, 0.2) is 24.3 Å². The lowest BCUT2D eigenvalue weighted by molar-refractivity contribution is -0.131. The van der Waals surface area contributed by atoms with Crippen molar-refractivity contribution in [1.82, 2.24) is 9.62 Å². The summed E-state index contributed by atoms with van der Waals surface area (Å²) in [5, 5.41) is 0. The van der Waals surface area contributed by atoms with E-state index in [4.69, 9.17) is 9.47 Å². The van der Waals surface area contributed by atoms with Crippen LogP contribution in [0.25, 0.3) is 0 Å². The molecule has 0 spiro atoms. The zero-order valence-electron chi connectivity index (χ0n) is 12.6. The van der Waals surface area contributed by atoms with Crippen molar-refractivity contribution in [1.29, 1.82) is 0 Å². The number of para-hydroxylation sites is 2. The second-order valence-electron chi connectivity index (χ2n) is 5.19. The first kappa shape index (κ1) is 16.6. The van der Waals surface area contributed by atoms with E-state index >= 15 is 0 Å². The number of nitrogens with one attached hydrogen (secondary N) is 1. The SMILES string of the molecule is CN(C[C@@H]1COc2ccccc2O1)C(=O)CCNS(C)(=O)=O. The monoisotopic (exact) mass is 328 g/mol. The van der Waals surface area contributed by atoms with E-state index in [1.807, 2.05) is 24.3 Å². The summed E-state index contributed by atoms with van der Waals surface area (Å²) in [5.41, 5.74) is 0. The van der Waals surface area contributed by atoms with E-state index in [0.29, 0.717) is 24.7 Å². The molecule has 0 bridgehead atoms. The minimum absolute atomic E-state index is 0.0901. The zero-order valence-corrected chi connectivity index (χ0v) is 13.4. The molecule has 1 aromatic rings. The molecule has 22 heavy (non-hydrogen) atoms. The Balaban J connectivity index is 1.80. The summed E-state index contributed by atoms with van der Waals surface area (Å²) in [6.45, 7) is 0.842. The lowest BCUT2D eigenvalue weighted by atomic mass is 10.2. The van der Waals surface area contributed by atoms with E-state index < -0.39 is 10.0 Å². The molecule has 0 aliphatic carbocycles. The van der Waals surface area contributed by atoms with Gasteiger partial charge in [-0.3, -0.25) is 4.79 Å². The fraction of sp³-hybridized carbons (Fsp3) is 0.500. The van der Waals surface area contributed by atoms with Gasteiger partial charge in [-0.1, -0.05) is 12.1 Å². The average molecular weight is 328 g/mol. The van der Waals surface area contributed by atoms with Crippen LogP contribution >= 0.6 is 0 Å². The molecule has 0 unspecified atom stereocenters. The molecule has 1 aromatic carbocycles. The summed E-state index contributed by atoms with van der Waals surface area (Å²) in [6.07, 6.45) is 0.922. The van der Waals surface area contributed by atoms with Crippen molar-refractivity contribution in [2.45, 2.75) is 12.5 Å². The number of nitrogens with zero attached hydrogens (tertiary/aromatic N) is 1. The van der Waals surface area contributed by atoms with Gasteiger partial charge in [-0.2, -0.15) is 0 Å². The molecule has 7 nitrogen and oxygen atoms in total. The third kappa shape index (κ3) is 4.88. The van der Waals surface area contributed by atoms with Gasteiger partial charge in [0.15, 0.2) is 17.6 Å². The molecule has 0 fully saturated rings. The summed E-state index contributed by atoms with van der Waals surface area (Å²) < 4.78 is 35.5. The van der Waals surface area contributed by atoms with Crippen molar-refractivity contribution >= 4 is 15.9 Å². The van der Waals surface area contributed by atoms with E-state index in [-0.39, 0.29) is 25.0 Å². The van der Waals surface area contributed by atoms with E-state index in [9.17, 15) is 13.2 Å². The van der Waals surface area contributed by atoms with Crippen molar-refractivity contribution in [3.8, 4) is 11.5 Å². The summed E-state index contributed by atoms with van der Waals surface area (Å²) in [5.74, 6) is 1.21. The summed E-state index contributed by atoms with van der Waals surface area (Å²) in [7, 11) is -1.61. The van der Waals surface area contributed by atoms with Gasteiger partial charge in [0.1, 0.15) is 6.61 Å². The Morgan fingerprint density at radius 3 is 2.73 bits per heavy atom. The number of fused-ring (bicyclic) bond motifs is 1. The van der Waals surface area contributed by atoms with Gasteiger partial charge in [0.2, 0.25) is 15.9 Å². The van der Waals surface area contributed by atoms with Gasteiger partial charge in [0.05, 0.1) is 12.8 Å². The first-order chi connectivity index (χ1) is 10.3. The van der Waals surface area contributed by atoms with Crippen molar-refractivity contribution in [2.24, 2.45) is 0 Å². The Labute approximate surface area is 130 Å². The number of hydrogen-bond donors (Lipinski definition) is 1. The standard InChI is InChI=1S/C14H20N2O5S/c1-16(14(17)7-8-15-22(2,18)19)9-11-10-20-12-5-3-4-6-13(12)21-11/h3-6,11,15H,7-10H2,1-2H3/t11-/m1/s1. The number of carbonyl (C=O) groups is 1. The number of benzene rings is 1. The zero-order chi connectivity index (χ0) is 16.2. The molecule has 1 amide bonds.